The molecular formula is C20H23BrN2O3. The molecule has 3 rings (SSSR count). The van der Waals surface area contributed by atoms with Crippen molar-refractivity contribution in [1.82, 2.24) is 4.90 Å². The van der Waals surface area contributed by atoms with E-state index in [4.69, 9.17) is 9.47 Å². The number of hydrogen-bond acceptors (Lipinski definition) is 4. The van der Waals surface area contributed by atoms with Crippen LogP contribution in [0.15, 0.2) is 46.9 Å². The van der Waals surface area contributed by atoms with Gasteiger partial charge < -0.3 is 19.3 Å². The molecule has 0 aromatic heterocycles. The third-order valence-electron chi connectivity index (χ3n) is 4.55. The molecule has 0 spiro atoms. The smallest absolute Gasteiger partial charge is 0.260 e. The zero-order valence-corrected chi connectivity index (χ0v) is 16.7. The summed E-state index contributed by atoms with van der Waals surface area (Å²) in [7, 11) is 1.68. The summed E-state index contributed by atoms with van der Waals surface area (Å²) in [5.74, 6) is 1.63. The van der Waals surface area contributed by atoms with Gasteiger partial charge in [-0.15, -0.1) is 0 Å². The molecule has 1 amide bonds. The van der Waals surface area contributed by atoms with Gasteiger partial charge in [0.1, 0.15) is 11.5 Å². The molecule has 0 saturated carbocycles. The lowest BCUT2D eigenvalue weighted by atomic mass is 10.2. The van der Waals surface area contributed by atoms with Crippen LogP contribution in [-0.2, 0) is 4.79 Å². The Morgan fingerprint density at radius 2 is 1.81 bits per heavy atom. The van der Waals surface area contributed by atoms with Crippen LogP contribution in [-0.4, -0.2) is 50.7 Å². The Labute approximate surface area is 162 Å². The number of piperazine rings is 1. The lowest BCUT2D eigenvalue weighted by molar-refractivity contribution is -0.133. The third kappa shape index (κ3) is 4.30. The van der Waals surface area contributed by atoms with Gasteiger partial charge in [-0.3, -0.25) is 4.79 Å². The van der Waals surface area contributed by atoms with Crippen molar-refractivity contribution in [2.75, 3.05) is 44.8 Å². The SMILES string of the molecule is COc1ccccc1N1CCN(C(=O)COc2ccc(Br)cc2C)CC1. The normalized spacial score (nSPS) is 14.3. The number of hydrogen-bond donors (Lipinski definition) is 0. The quantitative estimate of drug-likeness (QED) is 0.744. The van der Waals surface area contributed by atoms with Crippen LogP contribution < -0.4 is 14.4 Å². The third-order valence-corrected chi connectivity index (χ3v) is 5.04. The number of carbonyl (C=O) groups excluding carboxylic acids is 1. The molecule has 1 aliphatic heterocycles. The highest BCUT2D eigenvalue weighted by Gasteiger charge is 2.23. The zero-order chi connectivity index (χ0) is 18.5. The molecule has 5 nitrogen and oxygen atoms in total. The van der Waals surface area contributed by atoms with Gasteiger partial charge in [0.25, 0.3) is 5.91 Å². The summed E-state index contributed by atoms with van der Waals surface area (Å²) >= 11 is 3.43. The lowest BCUT2D eigenvalue weighted by Gasteiger charge is -2.36. The highest BCUT2D eigenvalue weighted by atomic mass is 79.9. The highest BCUT2D eigenvalue weighted by Crippen LogP contribution is 2.28. The molecule has 0 aliphatic carbocycles. The molecule has 1 saturated heterocycles. The van der Waals surface area contributed by atoms with Gasteiger partial charge >= 0.3 is 0 Å². The first-order chi connectivity index (χ1) is 12.6. The van der Waals surface area contributed by atoms with Crippen LogP contribution in [0.25, 0.3) is 0 Å². The van der Waals surface area contributed by atoms with Gasteiger partial charge in [0.15, 0.2) is 6.61 Å². The van der Waals surface area contributed by atoms with Gasteiger partial charge in [-0.05, 0) is 42.8 Å². The van der Waals surface area contributed by atoms with E-state index in [0.717, 1.165) is 40.3 Å². The maximum atomic E-state index is 12.5. The van der Waals surface area contributed by atoms with Crippen molar-refractivity contribution in [2.24, 2.45) is 0 Å². The van der Waals surface area contributed by atoms with Gasteiger partial charge in [0, 0.05) is 30.7 Å². The van der Waals surface area contributed by atoms with Crippen molar-refractivity contribution in [3.63, 3.8) is 0 Å². The minimum atomic E-state index is 0.0204. The average molecular weight is 419 g/mol. The number of methoxy groups -OCH3 is 1. The first-order valence-corrected chi connectivity index (χ1v) is 9.42. The Kier molecular flexibility index (Phi) is 6.04. The summed E-state index contributed by atoms with van der Waals surface area (Å²) in [6, 6.07) is 13.8. The molecule has 2 aromatic rings. The predicted molar refractivity (Wildman–Crippen MR) is 106 cm³/mol. The summed E-state index contributed by atoms with van der Waals surface area (Å²) in [6.07, 6.45) is 0. The molecule has 0 bridgehead atoms. The van der Waals surface area contributed by atoms with E-state index in [1.807, 2.05) is 48.2 Å². The Hall–Kier alpha value is -2.21. The Morgan fingerprint density at radius 1 is 1.08 bits per heavy atom. The van der Waals surface area contributed by atoms with Gasteiger partial charge in [-0.2, -0.15) is 0 Å². The Morgan fingerprint density at radius 3 is 2.50 bits per heavy atom. The van der Waals surface area contributed by atoms with Gasteiger partial charge in [0.05, 0.1) is 12.8 Å². The number of amides is 1. The van der Waals surface area contributed by atoms with E-state index in [1.165, 1.54) is 0 Å². The maximum absolute atomic E-state index is 12.5. The summed E-state index contributed by atoms with van der Waals surface area (Å²) in [6.45, 7) is 4.96. The molecule has 6 heteroatoms. The second kappa shape index (κ2) is 8.45. The highest BCUT2D eigenvalue weighted by molar-refractivity contribution is 9.10. The molecule has 1 aliphatic rings. The average Bonchev–Trinajstić information content (AvgIpc) is 2.67. The van der Waals surface area contributed by atoms with Crippen molar-refractivity contribution in [3.05, 3.63) is 52.5 Å². The van der Waals surface area contributed by atoms with Gasteiger partial charge in [0.2, 0.25) is 0 Å². The minimum Gasteiger partial charge on any atom is -0.495 e. The Bertz CT molecular complexity index is 773. The number of ether oxygens (including phenoxy) is 2. The molecular weight excluding hydrogens is 396 g/mol. The van der Waals surface area contributed by atoms with E-state index in [2.05, 4.69) is 26.9 Å². The second-order valence-corrected chi connectivity index (χ2v) is 7.15. The van der Waals surface area contributed by atoms with Crippen LogP contribution in [0.5, 0.6) is 11.5 Å². The lowest BCUT2D eigenvalue weighted by Crippen LogP contribution is -2.50. The molecule has 26 heavy (non-hydrogen) atoms. The maximum Gasteiger partial charge on any atom is 0.260 e. The summed E-state index contributed by atoms with van der Waals surface area (Å²) in [5.41, 5.74) is 2.08. The first kappa shape index (κ1) is 18.6. The summed E-state index contributed by atoms with van der Waals surface area (Å²) < 4.78 is 12.1. The molecule has 1 heterocycles. The fourth-order valence-corrected chi connectivity index (χ4v) is 3.57. The van der Waals surface area contributed by atoms with E-state index < -0.39 is 0 Å². The predicted octanol–water partition coefficient (Wildman–Crippen LogP) is 3.49. The number of rotatable bonds is 5. The molecule has 0 N–H and O–H groups in total. The summed E-state index contributed by atoms with van der Waals surface area (Å²) in [5, 5.41) is 0. The molecule has 0 unspecified atom stereocenters. The number of aryl methyl sites for hydroxylation is 1. The van der Waals surface area contributed by atoms with Crippen LogP contribution in [0.1, 0.15) is 5.56 Å². The molecule has 138 valence electrons. The van der Waals surface area contributed by atoms with Crippen molar-refractivity contribution in [2.45, 2.75) is 6.92 Å². The number of para-hydroxylation sites is 2. The van der Waals surface area contributed by atoms with Crippen LogP contribution in [0, 0.1) is 6.92 Å². The van der Waals surface area contributed by atoms with Crippen LogP contribution in [0.4, 0.5) is 5.69 Å². The first-order valence-electron chi connectivity index (χ1n) is 8.63. The topological polar surface area (TPSA) is 42.0 Å². The van der Waals surface area contributed by atoms with Crippen LogP contribution >= 0.6 is 15.9 Å². The van der Waals surface area contributed by atoms with E-state index in [-0.39, 0.29) is 12.5 Å². The fourth-order valence-electron chi connectivity index (χ4n) is 3.09. The second-order valence-electron chi connectivity index (χ2n) is 6.24. The number of carbonyl (C=O) groups is 1. The van der Waals surface area contributed by atoms with Crippen molar-refractivity contribution >= 4 is 27.5 Å². The molecule has 1 fully saturated rings. The standard InChI is InChI=1S/C20H23BrN2O3/c1-15-13-16(21)7-8-18(15)26-14-20(24)23-11-9-22(10-12-23)17-5-3-4-6-19(17)25-2/h3-8,13H,9-12,14H2,1-2H3. The van der Waals surface area contributed by atoms with Gasteiger partial charge in [-0.1, -0.05) is 28.1 Å². The molecule has 2 aromatic carbocycles. The monoisotopic (exact) mass is 418 g/mol. The van der Waals surface area contributed by atoms with Crippen LogP contribution in [0.3, 0.4) is 0 Å². The minimum absolute atomic E-state index is 0.0204. The largest absolute Gasteiger partial charge is 0.495 e. The fraction of sp³-hybridized carbons (Fsp3) is 0.350. The van der Waals surface area contributed by atoms with E-state index >= 15 is 0 Å². The number of anilines is 1. The zero-order valence-electron chi connectivity index (χ0n) is 15.1. The van der Waals surface area contributed by atoms with Gasteiger partial charge in [-0.25, -0.2) is 0 Å². The number of nitrogens with zero attached hydrogens (tertiary/aromatic N) is 2. The summed E-state index contributed by atoms with van der Waals surface area (Å²) in [4.78, 5) is 16.6. The van der Waals surface area contributed by atoms with Crippen molar-refractivity contribution in [3.8, 4) is 11.5 Å². The number of halogens is 1. The van der Waals surface area contributed by atoms with Crippen molar-refractivity contribution < 1.29 is 14.3 Å². The van der Waals surface area contributed by atoms with Crippen molar-refractivity contribution in [1.29, 1.82) is 0 Å². The Balaban J connectivity index is 1.53. The van der Waals surface area contributed by atoms with E-state index in [9.17, 15) is 4.79 Å². The molecule has 0 radical (unpaired) electrons. The molecule has 0 atom stereocenters. The van der Waals surface area contributed by atoms with E-state index in [1.54, 1.807) is 7.11 Å². The number of benzene rings is 2. The van der Waals surface area contributed by atoms with E-state index in [0.29, 0.717) is 13.1 Å². The van der Waals surface area contributed by atoms with Crippen LogP contribution in [0.2, 0.25) is 0 Å².